The fourth-order valence-corrected chi connectivity index (χ4v) is 8.62. The minimum atomic E-state index is 0.110. The van der Waals surface area contributed by atoms with Crippen molar-refractivity contribution in [3.05, 3.63) is 152 Å². The molecule has 0 bridgehead atoms. The van der Waals surface area contributed by atoms with Crippen molar-refractivity contribution in [2.24, 2.45) is 0 Å². The Morgan fingerprint density at radius 3 is 2.10 bits per heavy atom. The van der Waals surface area contributed by atoms with Crippen molar-refractivity contribution < 1.29 is 4.42 Å². The molecule has 230 valence electrons. The molecule has 0 saturated carbocycles. The second-order valence-electron chi connectivity index (χ2n) is 13.3. The van der Waals surface area contributed by atoms with Crippen LogP contribution in [-0.2, 0) is 0 Å². The highest BCUT2D eigenvalue weighted by Gasteiger charge is 2.49. The minimum Gasteiger partial charge on any atom is -0.456 e. The van der Waals surface area contributed by atoms with Gasteiger partial charge in [0.25, 0.3) is 0 Å². The van der Waals surface area contributed by atoms with E-state index < -0.39 is 0 Å². The number of hydrogen-bond donors (Lipinski definition) is 1. The van der Waals surface area contributed by atoms with Crippen LogP contribution in [0.1, 0.15) is 6.42 Å². The molecule has 5 aromatic carbocycles. The Bertz CT molecular complexity index is 2530. The number of fused-ring (bicyclic) bond motifs is 11. The first-order valence-corrected chi connectivity index (χ1v) is 16.9. The predicted octanol–water partition coefficient (Wildman–Crippen LogP) is 9.61. The molecule has 4 atom stereocenters. The summed E-state index contributed by atoms with van der Waals surface area (Å²) >= 11 is 0. The lowest BCUT2D eigenvalue weighted by Crippen LogP contribution is -2.51. The number of aromatic nitrogens is 1. The summed E-state index contributed by atoms with van der Waals surface area (Å²) in [4.78, 5) is 5.15. The summed E-state index contributed by atoms with van der Waals surface area (Å²) in [6.07, 6.45) is 19.1. The standard InChI is InChI=1S/C43H32N4O/c1-2-10-29(11-3-1)46-39-21-18-28(25-40(39)47-38-17-9-6-14-35(38)44-43(46)47)27-19-22-41-33(24-27)34-26-30(20-23-42(34)48-41)45-36-15-7-4-12-31(36)32-13-5-8-16-37(32)45/h1-10,12-26,29,35,38,43-44H,11H2. The van der Waals surface area contributed by atoms with E-state index in [0.717, 1.165) is 34.0 Å². The first-order chi connectivity index (χ1) is 23.8. The summed E-state index contributed by atoms with van der Waals surface area (Å²) < 4.78 is 8.78. The van der Waals surface area contributed by atoms with Gasteiger partial charge in [-0.25, -0.2) is 0 Å². The predicted molar refractivity (Wildman–Crippen MR) is 198 cm³/mol. The Morgan fingerprint density at radius 1 is 0.583 bits per heavy atom. The SMILES string of the molecule is C1=CCC(N2c3ccc(-c4ccc5oc6ccc(-n7c8ccccc8c8ccccc87)cc6c5c4)cc3N3C4C=CC=CC4NC23)C=C1. The molecular weight excluding hydrogens is 589 g/mol. The molecule has 1 saturated heterocycles. The molecule has 48 heavy (non-hydrogen) atoms. The number of nitrogens with zero attached hydrogens (tertiary/aromatic N) is 3. The van der Waals surface area contributed by atoms with E-state index in [1.807, 2.05) is 0 Å². The third kappa shape index (κ3) is 3.65. The van der Waals surface area contributed by atoms with Crippen LogP contribution in [0.3, 0.4) is 0 Å². The Hall–Kier alpha value is -5.78. The molecule has 4 heterocycles. The highest BCUT2D eigenvalue weighted by Crippen LogP contribution is 2.48. The van der Waals surface area contributed by atoms with Crippen LogP contribution in [0.15, 0.2) is 156 Å². The Labute approximate surface area is 278 Å². The molecule has 5 nitrogen and oxygen atoms in total. The minimum absolute atomic E-state index is 0.110. The van der Waals surface area contributed by atoms with Crippen molar-refractivity contribution in [3.63, 3.8) is 0 Å². The molecule has 2 aromatic heterocycles. The van der Waals surface area contributed by atoms with Gasteiger partial charge in [-0.15, -0.1) is 0 Å². The fourth-order valence-electron chi connectivity index (χ4n) is 8.62. The third-order valence-electron chi connectivity index (χ3n) is 10.8. The number of anilines is 2. The Kier molecular flexibility index (Phi) is 5.41. The monoisotopic (exact) mass is 620 g/mol. The molecule has 0 spiro atoms. The largest absolute Gasteiger partial charge is 0.456 e. The average Bonchev–Trinajstić information content (AvgIpc) is 3.88. The summed E-state index contributed by atoms with van der Waals surface area (Å²) in [5.41, 5.74) is 10.3. The van der Waals surface area contributed by atoms with Crippen molar-refractivity contribution in [1.29, 1.82) is 0 Å². The molecule has 1 fully saturated rings. The maximum absolute atomic E-state index is 6.40. The van der Waals surface area contributed by atoms with E-state index in [1.165, 1.54) is 44.3 Å². The highest BCUT2D eigenvalue weighted by molar-refractivity contribution is 6.11. The highest BCUT2D eigenvalue weighted by atomic mass is 16.3. The van der Waals surface area contributed by atoms with E-state index in [2.05, 4.69) is 171 Å². The molecule has 11 rings (SSSR count). The third-order valence-corrected chi connectivity index (χ3v) is 10.8. The number of rotatable bonds is 3. The van der Waals surface area contributed by atoms with Crippen molar-refractivity contribution in [3.8, 4) is 16.8 Å². The summed E-state index contributed by atoms with van der Waals surface area (Å²) in [7, 11) is 0. The molecule has 7 aromatic rings. The van der Waals surface area contributed by atoms with Crippen LogP contribution in [0.4, 0.5) is 11.4 Å². The Balaban J connectivity index is 1.05. The summed E-state index contributed by atoms with van der Waals surface area (Å²) in [5.74, 6) is 0. The molecule has 4 unspecified atom stereocenters. The van der Waals surface area contributed by atoms with Crippen LogP contribution < -0.4 is 15.1 Å². The zero-order chi connectivity index (χ0) is 31.3. The second-order valence-corrected chi connectivity index (χ2v) is 13.3. The van der Waals surface area contributed by atoms with E-state index in [9.17, 15) is 0 Å². The zero-order valence-electron chi connectivity index (χ0n) is 26.2. The van der Waals surface area contributed by atoms with Crippen LogP contribution >= 0.6 is 0 Å². The van der Waals surface area contributed by atoms with Gasteiger partial charge in [0, 0.05) is 27.2 Å². The van der Waals surface area contributed by atoms with E-state index in [1.54, 1.807) is 0 Å². The lowest BCUT2D eigenvalue weighted by atomic mass is 9.99. The molecule has 0 radical (unpaired) electrons. The fraction of sp³-hybridized carbons (Fsp3) is 0.116. The quantitative estimate of drug-likeness (QED) is 0.213. The van der Waals surface area contributed by atoms with Gasteiger partial charge in [0.1, 0.15) is 11.2 Å². The number of allylic oxidation sites excluding steroid dienone is 4. The van der Waals surface area contributed by atoms with Crippen molar-refractivity contribution in [2.45, 2.75) is 30.8 Å². The van der Waals surface area contributed by atoms with Gasteiger partial charge >= 0.3 is 0 Å². The number of hydrogen-bond acceptors (Lipinski definition) is 4. The number of para-hydroxylation sites is 2. The lowest BCUT2D eigenvalue weighted by Gasteiger charge is -2.34. The first-order valence-electron chi connectivity index (χ1n) is 16.9. The van der Waals surface area contributed by atoms with Crippen LogP contribution in [0.2, 0.25) is 0 Å². The Morgan fingerprint density at radius 2 is 1.29 bits per heavy atom. The van der Waals surface area contributed by atoms with Gasteiger partial charge in [-0.1, -0.05) is 97.1 Å². The van der Waals surface area contributed by atoms with Gasteiger partial charge < -0.3 is 18.8 Å². The summed E-state index contributed by atoms with van der Waals surface area (Å²) in [6, 6.07) is 38.5. The second kappa shape index (κ2) is 9.86. The molecular formula is C43H32N4O. The van der Waals surface area contributed by atoms with Crippen LogP contribution in [0, 0.1) is 0 Å². The molecule has 5 heteroatoms. The van der Waals surface area contributed by atoms with Gasteiger partial charge in [0.05, 0.1) is 40.5 Å². The first kappa shape index (κ1) is 26.3. The molecule has 4 aliphatic rings. The summed E-state index contributed by atoms with van der Waals surface area (Å²) in [5, 5.41) is 8.72. The smallest absolute Gasteiger partial charge is 0.159 e. The van der Waals surface area contributed by atoms with Crippen molar-refractivity contribution in [1.82, 2.24) is 9.88 Å². The van der Waals surface area contributed by atoms with Crippen LogP contribution in [-0.4, -0.2) is 29.0 Å². The van der Waals surface area contributed by atoms with E-state index in [0.29, 0.717) is 12.1 Å². The van der Waals surface area contributed by atoms with Gasteiger partial charge in [0.15, 0.2) is 6.29 Å². The summed E-state index contributed by atoms with van der Waals surface area (Å²) in [6.45, 7) is 0. The maximum Gasteiger partial charge on any atom is 0.159 e. The molecule has 2 aliphatic carbocycles. The van der Waals surface area contributed by atoms with Gasteiger partial charge in [-0.2, -0.15) is 0 Å². The van der Waals surface area contributed by atoms with Gasteiger partial charge in [-0.05, 0) is 72.1 Å². The lowest BCUT2D eigenvalue weighted by molar-refractivity contribution is 0.524. The average molecular weight is 621 g/mol. The maximum atomic E-state index is 6.40. The van der Waals surface area contributed by atoms with E-state index >= 15 is 0 Å². The number of benzene rings is 5. The number of nitrogens with one attached hydrogen (secondary N) is 1. The topological polar surface area (TPSA) is 36.6 Å². The molecule has 0 amide bonds. The van der Waals surface area contributed by atoms with E-state index in [-0.39, 0.29) is 12.3 Å². The van der Waals surface area contributed by atoms with E-state index in [4.69, 9.17) is 4.42 Å². The van der Waals surface area contributed by atoms with Crippen molar-refractivity contribution in [2.75, 3.05) is 9.80 Å². The molecule has 2 aliphatic heterocycles. The van der Waals surface area contributed by atoms with Crippen LogP contribution in [0.25, 0.3) is 60.6 Å². The zero-order valence-corrected chi connectivity index (χ0v) is 26.2. The van der Waals surface area contributed by atoms with Crippen LogP contribution in [0.5, 0.6) is 0 Å². The number of furan rings is 1. The van der Waals surface area contributed by atoms with Gasteiger partial charge in [-0.3, -0.25) is 5.32 Å². The molecule has 1 N–H and O–H groups in total. The van der Waals surface area contributed by atoms with Crippen molar-refractivity contribution >= 4 is 55.1 Å². The van der Waals surface area contributed by atoms with Gasteiger partial charge in [0.2, 0.25) is 0 Å². The normalized spacial score (nSPS) is 22.4.